The summed E-state index contributed by atoms with van der Waals surface area (Å²) in [5.74, 6) is 1.31. The van der Waals surface area contributed by atoms with E-state index in [9.17, 15) is 4.79 Å². The van der Waals surface area contributed by atoms with Crippen molar-refractivity contribution < 1.29 is 14.3 Å². The third-order valence-corrected chi connectivity index (χ3v) is 5.64. The van der Waals surface area contributed by atoms with Gasteiger partial charge in [-0.3, -0.25) is 0 Å². The van der Waals surface area contributed by atoms with Crippen LogP contribution in [0.3, 0.4) is 0 Å². The third kappa shape index (κ3) is 4.46. The molecule has 0 spiro atoms. The topological polar surface area (TPSA) is 35.5 Å². The summed E-state index contributed by atoms with van der Waals surface area (Å²) in [4.78, 5) is 11.4. The summed E-state index contributed by atoms with van der Waals surface area (Å²) in [6, 6.07) is 14.2. The van der Waals surface area contributed by atoms with Crippen molar-refractivity contribution in [3.8, 4) is 11.5 Å². The molecule has 3 heteroatoms. The minimum atomic E-state index is -0.331. The van der Waals surface area contributed by atoms with Gasteiger partial charge in [-0.05, 0) is 77.6 Å². The van der Waals surface area contributed by atoms with Gasteiger partial charge in [0, 0.05) is 6.08 Å². The number of hydrogen-bond acceptors (Lipinski definition) is 3. The maximum atomic E-state index is 11.4. The number of fused-ring (bicyclic) bond motifs is 1. The molecule has 0 saturated heterocycles. The molecule has 2 aromatic rings. The van der Waals surface area contributed by atoms with E-state index in [1.165, 1.54) is 30.0 Å². The molecule has 0 amide bonds. The summed E-state index contributed by atoms with van der Waals surface area (Å²) >= 11 is 0. The van der Waals surface area contributed by atoms with Gasteiger partial charge in [-0.2, -0.15) is 0 Å². The highest BCUT2D eigenvalue weighted by molar-refractivity contribution is 5.87. The fraction of sp³-hybridized carbons (Fsp3) is 0.400. The first-order valence-corrected chi connectivity index (χ1v) is 9.99. The highest BCUT2D eigenvalue weighted by Gasteiger charge is 2.37. The molecule has 0 heterocycles. The van der Waals surface area contributed by atoms with Gasteiger partial charge in [-0.15, -0.1) is 0 Å². The molecule has 0 saturated carbocycles. The van der Waals surface area contributed by atoms with Crippen molar-refractivity contribution in [2.45, 2.75) is 58.3 Å². The molecule has 1 aliphatic rings. The van der Waals surface area contributed by atoms with Crippen molar-refractivity contribution >= 4 is 12.0 Å². The Hall–Kier alpha value is -2.55. The Morgan fingerprint density at radius 1 is 0.929 bits per heavy atom. The predicted molar refractivity (Wildman–Crippen MR) is 114 cm³/mol. The molecule has 0 fully saturated rings. The van der Waals surface area contributed by atoms with E-state index in [0.717, 1.165) is 17.1 Å². The lowest BCUT2D eigenvalue weighted by atomic mass is 9.63. The van der Waals surface area contributed by atoms with Crippen LogP contribution in [-0.2, 0) is 20.4 Å². The van der Waals surface area contributed by atoms with E-state index in [2.05, 4.69) is 45.9 Å². The highest BCUT2D eigenvalue weighted by Crippen LogP contribution is 2.47. The summed E-state index contributed by atoms with van der Waals surface area (Å²) in [5.41, 5.74) is 4.10. The third-order valence-electron chi connectivity index (χ3n) is 5.64. The van der Waals surface area contributed by atoms with E-state index in [1.807, 2.05) is 24.3 Å². The standard InChI is InChI=1S/C25H30O3/c1-6-27-23(26)14-9-18-7-10-19(11-8-18)28-20-12-13-21-22(17-20)25(4,5)16-15-24(21,2)3/h7-14,17H,6,15-16H2,1-5H3. The van der Waals surface area contributed by atoms with Crippen molar-refractivity contribution in [2.75, 3.05) is 6.61 Å². The van der Waals surface area contributed by atoms with Crippen LogP contribution in [0.2, 0.25) is 0 Å². The first-order chi connectivity index (χ1) is 13.2. The number of rotatable bonds is 5. The van der Waals surface area contributed by atoms with Crippen LogP contribution in [0.4, 0.5) is 0 Å². The van der Waals surface area contributed by atoms with Crippen LogP contribution in [0.25, 0.3) is 6.08 Å². The summed E-state index contributed by atoms with van der Waals surface area (Å²) < 4.78 is 11.0. The molecular weight excluding hydrogens is 348 g/mol. The van der Waals surface area contributed by atoms with Gasteiger partial charge in [0.2, 0.25) is 0 Å². The van der Waals surface area contributed by atoms with E-state index >= 15 is 0 Å². The van der Waals surface area contributed by atoms with Crippen LogP contribution in [0, 0.1) is 0 Å². The van der Waals surface area contributed by atoms with Crippen molar-refractivity contribution in [3.63, 3.8) is 0 Å². The lowest BCUT2D eigenvalue weighted by molar-refractivity contribution is -0.137. The fourth-order valence-corrected chi connectivity index (χ4v) is 3.77. The zero-order valence-electron chi connectivity index (χ0n) is 17.5. The minimum absolute atomic E-state index is 0.159. The predicted octanol–water partition coefficient (Wildman–Crippen LogP) is 6.40. The maximum Gasteiger partial charge on any atom is 0.330 e. The second-order valence-electron chi connectivity index (χ2n) is 8.73. The Kier molecular flexibility index (Phi) is 5.64. The molecule has 0 radical (unpaired) electrons. The van der Waals surface area contributed by atoms with Crippen LogP contribution in [0.5, 0.6) is 11.5 Å². The van der Waals surface area contributed by atoms with Crippen LogP contribution in [0.15, 0.2) is 48.5 Å². The normalized spacial score (nSPS) is 17.2. The van der Waals surface area contributed by atoms with E-state index in [-0.39, 0.29) is 16.8 Å². The number of carbonyl (C=O) groups excluding carboxylic acids is 1. The smallest absolute Gasteiger partial charge is 0.330 e. The van der Waals surface area contributed by atoms with Crippen LogP contribution in [0.1, 0.15) is 64.2 Å². The van der Waals surface area contributed by atoms with Gasteiger partial charge >= 0.3 is 5.97 Å². The monoisotopic (exact) mass is 378 g/mol. The van der Waals surface area contributed by atoms with Crippen LogP contribution >= 0.6 is 0 Å². The van der Waals surface area contributed by atoms with Gasteiger partial charge in [0.15, 0.2) is 0 Å². The maximum absolute atomic E-state index is 11.4. The second kappa shape index (κ2) is 7.83. The molecule has 28 heavy (non-hydrogen) atoms. The minimum Gasteiger partial charge on any atom is -0.463 e. The number of hydrogen-bond donors (Lipinski definition) is 0. The molecule has 0 unspecified atom stereocenters. The lowest BCUT2D eigenvalue weighted by Crippen LogP contribution is -2.33. The molecular formula is C25H30O3. The Morgan fingerprint density at radius 3 is 2.18 bits per heavy atom. The fourth-order valence-electron chi connectivity index (χ4n) is 3.77. The van der Waals surface area contributed by atoms with Crippen molar-refractivity contribution in [1.29, 1.82) is 0 Å². The molecule has 1 aliphatic carbocycles. The SMILES string of the molecule is CCOC(=O)C=Cc1ccc(Oc2ccc3c(c2)C(C)(C)CCC3(C)C)cc1. The van der Waals surface area contributed by atoms with Gasteiger partial charge in [-0.25, -0.2) is 4.79 Å². The van der Waals surface area contributed by atoms with Gasteiger partial charge < -0.3 is 9.47 Å². The average Bonchev–Trinajstić information content (AvgIpc) is 2.65. The van der Waals surface area contributed by atoms with Gasteiger partial charge in [0.05, 0.1) is 6.61 Å². The molecule has 3 rings (SSSR count). The average molecular weight is 379 g/mol. The molecule has 3 nitrogen and oxygen atoms in total. The second-order valence-corrected chi connectivity index (χ2v) is 8.73. The quantitative estimate of drug-likeness (QED) is 0.446. The molecule has 0 aliphatic heterocycles. The zero-order valence-corrected chi connectivity index (χ0v) is 17.5. The largest absolute Gasteiger partial charge is 0.463 e. The van der Waals surface area contributed by atoms with Gasteiger partial charge in [0.1, 0.15) is 11.5 Å². The number of carbonyl (C=O) groups is 1. The van der Waals surface area contributed by atoms with Gasteiger partial charge in [-0.1, -0.05) is 45.9 Å². The zero-order chi connectivity index (χ0) is 20.4. The Balaban J connectivity index is 1.77. The highest BCUT2D eigenvalue weighted by atomic mass is 16.5. The van der Waals surface area contributed by atoms with Crippen molar-refractivity contribution in [1.82, 2.24) is 0 Å². The summed E-state index contributed by atoms with van der Waals surface area (Å²) in [6.07, 6.45) is 5.56. The lowest BCUT2D eigenvalue weighted by Gasteiger charge is -2.41. The van der Waals surface area contributed by atoms with Gasteiger partial charge in [0.25, 0.3) is 0 Å². The van der Waals surface area contributed by atoms with Crippen LogP contribution in [-0.4, -0.2) is 12.6 Å². The van der Waals surface area contributed by atoms with E-state index in [1.54, 1.807) is 13.0 Å². The number of ether oxygens (including phenoxy) is 2. The first-order valence-electron chi connectivity index (χ1n) is 9.99. The van der Waals surface area contributed by atoms with Crippen LogP contribution < -0.4 is 4.74 Å². The molecule has 0 N–H and O–H groups in total. The molecule has 0 aromatic heterocycles. The van der Waals surface area contributed by atoms with Crippen molar-refractivity contribution in [3.05, 3.63) is 65.2 Å². The molecule has 148 valence electrons. The number of esters is 1. The van der Waals surface area contributed by atoms with Crippen molar-refractivity contribution in [2.24, 2.45) is 0 Å². The first kappa shape index (κ1) is 20.2. The molecule has 2 aromatic carbocycles. The van der Waals surface area contributed by atoms with E-state index < -0.39 is 0 Å². The Labute approximate surface area is 168 Å². The van der Waals surface area contributed by atoms with E-state index in [0.29, 0.717) is 6.61 Å². The Morgan fingerprint density at radius 2 is 1.54 bits per heavy atom. The number of benzene rings is 2. The Bertz CT molecular complexity index is 873. The molecule has 0 bridgehead atoms. The summed E-state index contributed by atoms with van der Waals surface area (Å²) in [5, 5.41) is 0. The summed E-state index contributed by atoms with van der Waals surface area (Å²) in [6.45, 7) is 11.4. The van der Waals surface area contributed by atoms with E-state index in [4.69, 9.17) is 9.47 Å². The molecule has 0 atom stereocenters. The summed E-state index contributed by atoms with van der Waals surface area (Å²) in [7, 11) is 0.